The molecular weight excluding hydrogens is 174 g/mol. The van der Waals surface area contributed by atoms with Crippen molar-refractivity contribution >= 4 is 5.69 Å². The van der Waals surface area contributed by atoms with E-state index in [1.54, 1.807) is 0 Å². The molecule has 1 saturated carbocycles. The van der Waals surface area contributed by atoms with Crippen LogP contribution < -0.4 is 9.64 Å². The molecular formula is C12H17NO. The second kappa shape index (κ2) is 3.52. The molecule has 0 saturated heterocycles. The summed E-state index contributed by atoms with van der Waals surface area (Å²) in [5, 5.41) is 0. The van der Waals surface area contributed by atoms with Crippen molar-refractivity contribution in [3.05, 3.63) is 23.8 Å². The van der Waals surface area contributed by atoms with Gasteiger partial charge in [0.25, 0.3) is 0 Å². The SMILES string of the molecule is Cc1cc(OC2CC2)ccc1N(C)C. The van der Waals surface area contributed by atoms with Gasteiger partial charge in [0.15, 0.2) is 0 Å². The Morgan fingerprint density at radius 2 is 2.00 bits per heavy atom. The van der Waals surface area contributed by atoms with Crippen LogP contribution in [0.5, 0.6) is 5.75 Å². The normalized spacial score (nSPS) is 15.4. The van der Waals surface area contributed by atoms with E-state index in [9.17, 15) is 0 Å². The highest BCUT2D eigenvalue weighted by atomic mass is 16.5. The monoisotopic (exact) mass is 191 g/mol. The Labute approximate surface area is 85.5 Å². The number of hydrogen-bond acceptors (Lipinski definition) is 2. The Kier molecular flexibility index (Phi) is 2.36. The maximum absolute atomic E-state index is 5.72. The second-order valence-corrected chi connectivity index (χ2v) is 4.16. The molecule has 2 rings (SSSR count). The molecule has 76 valence electrons. The van der Waals surface area contributed by atoms with Gasteiger partial charge in [0.2, 0.25) is 0 Å². The summed E-state index contributed by atoms with van der Waals surface area (Å²) < 4.78 is 5.72. The van der Waals surface area contributed by atoms with E-state index in [-0.39, 0.29) is 0 Å². The van der Waals surface area contributed by atoms with E-state index < -0.39 is 0 Å². The van der Waals surface area contributed by atoms with Crippen LogP contribution in [0.15, 0.2) is 18.2 Å². The van der Waals surface area contributed by atoms with E-state index in [4.69, 9.17) is 4.74 Å². The summed E-state index contributed by atoms with van der Waals surface area (Å²) in [5.74, 6) is 1.01. The third-order valence-electron chi connectivity index (χ3n) is 2.48. The molecule has 0 amide bonds. The number of hydrogen-bond donors (Lipinski definition) is 0. The Hall–Kier alpha value is -1.18. The van der Waals surface area contributed by atoms with Gasteiger partial charge in [0.05, 0.1) is 6.10 Å². The molecule has 1 aromatic rings. The Bertz CT molecular complexity index is 329. The second-order valence-electron chi connectivity index (χ2n) is 4.16. The topological polar surface area (TPSA) is 12.5 Å². The van der Waals surface area contributed by atoms with Crippen molar-refractivity contribution in [3.63, 3.8) is 0 Å². The van der Waals surface area contributed by atoms with E-state index >= 15 is 0 Å². The standard InChI is InChI=1S/C12H17NO/c1-9-8-11(14-10-4-5-10)6-7-12(9)13(2)3/h6-8,10H,4-5H2,1-3H3. The number of rotatable bonds is 3. The lowest BCUT2D eigenvalue weighted by Crippen LogP contribution is -2.10. The summed E-state index contributed by atoms with van der Waals surface area (Å²) in [6, 6.07) is 6.29. The molecule has 0 spiro atoms. The van der Waals surface area contributed by atoms with E-state index in [0.29, 0.717) is 6.10 Å². The zero-order valence-corrected chi connectivity index (χ0v) is 9.08. The first-order valence-corrected chi connectivity index (χ1v) is 5.11. The molecule has 1 aliphatic carbocycles. The highest BCUT2D eigenvalue weighted by molar-refractivity contribution is 5.54. The van der Waals surface area contributed by atoms with E-state index in [1.165, 1.54) is 24.1 Å². The van der Waals surface area contributed by atoms with Gasteiger partial charge in [0, 0.05) is 19.8 Å². The Balaban J connectivity index is 2.16. The summed E-state index contributed by atoms with van der Waals surface area (Å²) in [6.07, 6.45) is 2.92. The fourth-order valence-corrected chi connectivity index (χ4v) is 1.58. The summed E-state index contributed by atoms with van der Waals surface area (Å²) in [5.41, 5.74) is 2.53. The van der Waals surface area contributed by atoms with Crippen LogP contribution in [-0.2, 0) is 0 Å². The molecule has 0 unspecified atom stereocenters. The van der Waals surface area contributed by atoms with Crippen LogP contribution in [0.25, 0.3) is 0 Å². The Morgan fingerprint density at radius 1 is 1.29 bits per heavy atom. The number of benzene rings is 1. The molecule has 1 aliphatic rings. The molecule has 0 bridgehead atoms. The maximum Gasteiger partial charge on any atom is 0.120 e. The zero-order chi connectivity index (χ0) is 10.1. The largest absolute Gasteiger partial charge is 0.490 e. The molecule has 2 heteroatoms. The highest BCUT2D eigenvalue weighted by Crippen LogP contribution is 2.29. The van der Waals surface area contributed by atoms with Gasteiger partial charge >= 0.3 is 0 Å². The van der Waals surface area contributed by atoms with E-state index in [1.807, 2.05) is 0 Å². The maximum atomic E-state index is 5.72. The predicted molar refractivity (Wildman–Crippen MR) is 59.2 cm³/mol. The van der Waals surface area contributed by atoms with Crippen LogP contribution in [-0.4, -0.2) is 20.2 Å². The fourth-order valence-electron chi connectivity index (χ4n) is 1.58. The smallest absolute Gasteiger partial charge is 0.120 e. The quantitative estimate of drug-likeness (QED) is 0.728. The molecule has 0 radical (unpaired) electrons. The minimum absolute atomic E-state index is 0.486. The summed E-state index contributed by atoms with van der Waals surface area (Å²) in [7, 11) is 4.12. The van der Waals surface area contributed by atoms with Crippen molar-refractivity contribution in [2.45, 2.75) is 25.9 Å². The van der Waals surface area contributed by atoms with Crippen LogP contribution >= 0.6 is 0 Å². The van der Waals surface area contributed by atoms with Crippen LogP contribution in [0.1, 0.15) is 18.4 Å². The van der Waals surface area contributed by atoms with Gasteiger partial charge in [-0.3, -0.25) is 0 Å². The molecule has 1 fully saturated rings. The lowest BCUT2D eigenvalue weighted by molar-refractivity contribution is 0.303. The highest BCUT2D eigenvalue weighted by Gasteiger charge is 2.23. The third kappa shape index (κ3) is 2.00. The van der Waals surface area contributed by atoms with E-state index in [0.717, 1.165) is 5.75 Å². The Morgan fingerprint density at radius 3 is 2.50 bits per heavy atom. The first-order valence-electron chi connectivity index (χ1n) is 5.11. The molecule has 0 aromatic heterocycles. The first-order chi connectivity index (χ1) is 6.66. The molecule has 2 nitrogen and oxygen atoms in total. The van der Waals surface area contributed by atoms with Crippen molar-refractivity contribution in [1.82, 2.24) is 0 Å². The summed E-state index contributed by atoms with van der Waals surface area (Å²) >= 11 is 0. The van der Waals surface area contributed by atoms with Gasteiger partial charge in [-0.1, -0.05) is 0 Å². The molecule has 0 aliphatic heterocycles. The molecule has 14 heavy (non-hydrogen) atoms. The van der Waals surface area contributed by atoms with Gasteiger partial charge < -0.3 is 9.64 Å². The lowest BCUT2D eigenvalue weighted by Gasteiger charge is -2.16. The van der Waals surface area contributed by atoms with Gasteiger partial charge in [-0.25, -0.2) is 0 Å². The predicted octanol–water partition coefficient (Wildman–Crippen LogP) is 2.60. The van der Waals surface area contributed by atoms with Crippen LogP contribution in [0, 0.1) is 6.92 Å². The van der Waals surface area contributed by atoms with E-state index in [2.05, 4.69) is 44.1 Å². The molecule has 0 atom stereocenters. The molecule has 1 aromatic carbocycles. The van der Waals surface area contributed by atoms with Gasteiger partial charge in [0.1, 0.15) is 5.75 Å². The number of nitrogens with zero attached hydrogens (tertiary/aromatic N) is 1. The third-order valence-corrected chi connectivity index (χ3v) is 2.48. The molecule has 0 heterocycles. The first kappa shape index (κ1) is 9.38. The average Bonchev–Trinajstić information content (AvgIpc) is 2.87. The van der Waals surface area contributed by atoms with Crippen molar-refractivity contribution in [3.8, 4) is 5.75 Å². The zero-order valence-electron chi connectivity index (χ0n) is 9.08. The van der Waals surface area contributed by atoms with Crippen molar-refractivity contribution in [1.29, 1.82) is 0 Å². The number of aryl methyl sites for hydroxylation is 1. The van der Waals surface area contributed by atoms with Gasteiger partial charge in [-0.15, -0.1) is 0 Å². The van der Waals surface area contributed by atoms with Crippen molar-refractivity contribution in [2.75, 3.05) is 19.0 Å². The van der Waals surface area contributed by atoms with Crippen molar-refractivity contribution < 1.29 is 4.74 Å². The van der Waals surface area contributed by atoms with Gasteiger partial charge in [-0.05, 0) is 43.5 Å². The number of ether oxygens (including phenoxy) is 1. The minimum Gasteiger partial charge on any atom is -0.490 e. The van der Waals surface area contributed by atoms with Crippen LogP contribution in [0.2, 0.25) is 0 Å². The fraction of sp³-hybridized carbons (Fsp3) is 0.500. The number of anilines is 1. The average molecular weight is 191 g/mol. The summed E-state index contributed by atoms with van der Waals surface area (Å²) in [6.45, 7) is 2.12. The van der Waals surface area contributed by atoms with Crippen molar-refractivity contribution in [2.24, 2.45) is 0 Å². The lowest BCUT2D eigenvalue weighted by atomic mass is 10.2. The summed E-state index contributed by atoms with van der Waals surface area (Å²) in [4.78, 5) is 2.12. The van der Waals surface area contributed by atoms with Crippen LogP contribution in [0.3, 0.4) is 0 Å². The minimum atomic E-state index is 0.486. The van der Waals surface area contributed by atoms with Crippen LogP contribution in [0.4, 0.5) is 5.69 Å². The van der Waals surface area contributed by atoms with Gasteiger partial charge in [-0.2, -0.15) is 0 Å². The molecule has 0 N–H and O–H groups in total.